The van der Waals surface area contributed by atoms with Crippen LogP contribution in [0.3, 0.4) is 0 Å². The van der Waals surface area contributed by atoms with Crippen LogP contribution in [0.1, 0.15) is 5.56 Å². The molecule has 0 amide bonds. The molecule has 18 heavy (non-hydrogen) atoms. The maximum Gasteiger partial charge on any atom is 0.255 e. The highest BCUT2D eigenvalue weighted by Crippen LogP contribution is 2.27. The van der Waals surface area contributed by atoms with E-state index in [2.05, 4.69) is 11.6 Å². The molecular weight excluding hydrogens is 231 g/mol. The Balaban J connectivity index is 2.34. The molecule has 2 aromatic rings. The fourth-order valence-corrected chi connectivity index (χ4v) is 1.56. The first-order valence-corrected chi connectivity index (χ1v) is 5.48. The van der Waals surface area contributed by atoms with Gasteiger partial charge in [-0.1, -0.05) is 6.08 Å². The fraction of sp³-hybridized carbons (Fsp3) is 0.0714. The van der Waals surface area contributed by atoms with Crippen molar-refractivity contribution in [2.75, 3.05) is 5.73 Å². The molecular formula is C14H13FN2O. The number of hydrogen-bond acceptors (Lipinski definition) is 3. The molecule has 0 radical (unpaired) electrons. The van der Waals surface area contributed by atoms with Crippen molar-refractivity contribution in [2.45, 2.75) is 6.42 Å². The van der Waals surface area contributed by atoms with Crippen molar-refractivity contribution in [3.05, 3.63) is 60.6 Å². The van der Waals surface area contributed by atoms with Crippen molar-refractivity contribution < 1.29 is 9.13 Å². The fourth-order valence-electron chi connectivity index (χ4n) is 1.56. The number of allylic oxidation sites excluding steroid dienone is 1. The number of nitrogens with zero attached hydrogens (tertiary/aromatic N) is 1. The normalized spacial score (nSPS) is 10.1. The molecule has 92 valence electrons. The Hall–Kier alpha value is -2.36. The van der Waals surface area contributed by atoms with E-state index in [0.29, 0.717) is 17.9 Å². The Kier molecular flexibility index (Phi) is 3.57. The summed E-state index contributed by atoms with van der Waals surface area (Å²) in [5, 5.41) is 0. The molecule has 3 nitrogen and oxygen atoms in total. The first-order chi connectivity index (χ1) is 8.70. The molecule has 0 unspecified atom stereocenters. The number of nitrogens with two attached hydrogens (primary N) is 1. The van der Waals surface area contributed by atoms with Crippen LogP contribution in [0.15, 0.2) is 49.2 Å². The van der Waals surface area contributed by atoms with Gasteiger partial charge in [0.2, 0.25) is 0 Å². The average Bonchev–Trinajstić information content (AvgIpc) is 2.35. The van der Waals surface area contributed by atoms with E-state index >= 15 is 0 Å². The van der Waals surface area contributed by atoms with Crippen LogP contribution in [-0.4, -0.2) is 4.98 Å². The van der Waals surface area contributed by atoms with E-state index in [1.165, 1.54) is 18.3 Å². The SMILES string of the molecule is C=CCc1cc(N)ccc1Oc1ncccc1F. The highest BCUT2D eigenvalue weighted by molar-refractivity contribution is 5.49. The third-order valence-electron chi connectivity index (χ3n) is 2.38. The van der Waals surface area contributed by atoms with E-state index in [0.717, 1.165) is 5.56 Å². The summed E-state index contributed by atoms with van der Waals surface area (Å²) in [6.45, 7) is 3.67. The number of nitrogen functional groups attached to an aromatic ring is 1. The quantitative estimate of drug-likeness (QED) is 0.663. The summed E-state index contributed by atoms with van der Waals surface area (Å²) in [5.41, 5.74) is 7.17. The third-order valence-corrected chi connectivity index (χ3v) is 2.38. The monoisotopic (exact) mass is 244 g/mol. The summed E-state index contributed by atoms with van der Waals surface area (Å²) in [7, 11) is 0. The minimum atomic E-state index is -0.501. The number of ether oxygens (including phenoxy) is 1. The predicted octanol–water partition coefficient (Wildman–Crippen LogP) is 3.32. The van der Waals surface area contributed by atoms with E-state index in [9.17, 15) is 4.39 Å². The summed E-state index contributed by atoms with van der Waals surface area (Å²) < 4.78 is 18.9. The lowest BCUT2D eigenvalue weighted by molar-refractivity contribution is 0.419. The van der Waals surface area contributed by atoms with E-state index in [1.54, 1.807) is 24.3 Å². The minimum Gasteiger partial charge on any atom is -0.436 e. The van der Waals surface area contributed by atoms with Crippen LogP contribution in [0, 0.1) is 5.82 Å². The highest BCUT2D eigenvalue weighted by Gasteiger charge is 2.09. The topological polar surface area (TPSA) is 48.1 Å². The average molecular weight is 244 g/mol. The molecule has 0 aliphatic carbocycles. The Morgan fingerprint density at radius 2 is 2.22 bits per heavy atom. The maximum absolute atomic E-state index is 13.4. The van der Waals surface area contributed by atoms with Gasteiger partial charge in [0.05, 0.1) is 0 Å². The predicted molar refractivity (Wildman–Crippen MR) is 69.0 cm³/mol. The first kappa shape index (κ1) is 12.1. The van der Waals surface area contributed by atoms with Crippen LogP contribution < -0.4 is 10.5 Å². The van der Waals surface area contributed by atoms with Crippen LogP contribution in [0.25, 0.3) is 0 Å². The summed E-state index contributed by atoms with van der Waals surface area (Å²) in [6.07, 6.45) is 3.80. The highest BCUT2D eigenvalue weighted by atomic mass is 19.1. The van der Waals surface area contributed by atoms with E-state index in [-0.39, 0.29) is 5.88 Å². The van der Waals surface area contributed by atoms with Gasteiger partial charge in [-0.15, -0.1) is 6.58 Å². The molecule has 0 aliphatic heterocycles. The second-order valence-corrected chi connectivity index (χ2v) is 3.75. The molecule has 2 rings (SSSR count). The molecule has 1 aromatic carbocycles. The second-order valence-electron chi connectivity index (χ2n) is 3.75. The number of anilines is 1. The molecule has 0 spiro atoms. The molecule has 0 saturated heterocycles. The maximum atomic E-state index is 13.4. The van der Waals surface area contributed by atoms with Gasteiger partial charge in [0, 0.05) is 17.4 Å². The Morgan fingerprint density at radius 1 is 1.39 bits per heavy atom. The Morgan fingerprint density at radius 3 is 2.94 bits per heavy atom. The molecule has 0 atom stereocenters. The van der Waals surface area contributed by atoms with Crippen LogP contribution in [-0.2, 0) is 6.42 Å². The zero-order chi connectivity index (χ0) is 13.0. The van der Waals surface area contributed by atoms with E-state index in [1.807, 2.05) is 0 Å². The van der Waals surface area contributed by atoms with Gasteiger partial charge in [0.15, 0.2) is 5.82 Å². The summed E-state index contributed by atoms with van der Waals surface area (Å²) >= 11 is 0. The van der Waals surface area contributed by atoms with Gasteiger partial charge in [-0.25, -0.2) is 9.37 Å². The zero-order valence-corrected chi connectivity index (χ0v) is 9.77. The van der Waals surface area contributed by atoms with Crippen molar-refractivity contribution in [1.29, 1.82) is 0 Å². The Labute approximate surface area is 105 Å². The van der Waals surface area contributed by atoms with Crippen LogP contribution in [0.4, 0.5) is 10.1 Å². The molecule has 0 saturated carbocycles. The van der Waals surface area contributed by atoms with Crippen molar-refractivity contribution in [2.24, 2.45) is 0 Å². The van der Waals surface area contributed by atoms with Gasteiger partial charge in [-0.3, -0.25) is 0 Å². The number of aromatic nitrogens is 1. The number of rotatable bonds is 4. The molecule has 2 N–H and O–H groups in total. The van der Waals surface area contributed by atoms with Crippen molar-refractivity contribution in [1.82, 2.24) is 4.98 Å². The van der Waals surface area contributed by atoms with Gasteiger partial charge in [0.1, 0.15) is 5.75 Å². The number of halogens is 1. The molecule has 0 bridgehead atoms. The van der Waals surface area contributed by atoms with Crippen LogP contribution in [0.2, 0.25) is 0 Å². The lowest BCUT2D eigenvalue weighted by Crippen LogP contribution is -1.96. The Bertz CT molecular complexity index is 569. The largest absolute Gasteiger partial charge is 0.436 e. The van der Waals surface area contributed by atoms with Gasteiger partial charge < -0.3 is 10.5 Å². The first-order valence-electron chi connectivity index (χ1n) is 5.48. The second kappa shape index (κ2) is 5.31. The van der Waals surface area contributed by atoms with E-state index in [4.69, 9.17) is 10.5 Å². The summed E-state index contributed by atoms with van der Waals surface area (Å²) in [5.74, 6) is -0.0202. The lowest BCUT2D eigenvalue weighted by atomic mass is 10.1. The van der Waals surface area contributed by atoms with E-state index < -0.39 is 5.82 Å². The van der Waals surface area contributed by atoms with Crippen LogP contribution >= 0.6 is 0 Å². The van der Waals surface area contributed by atoms with Gasteiger partial charge in [-0.05, 0) is 36.8 Å². The van der Waals surface area contributed by atoms with Crippen molar-refractivity contribution >= 4 is 5.69 Å². The van der Waals surface area contributed by atoms with Crippen LogP contribution in [0.5, 0.6) is 11.6 Å². The standard InChI is InChI=1S/C14H13FN2O/c1-2-4-10-9-11(16)6-7-13(10)18-14-12(15)5-3-8-17-14/h2-3,5-9H,1,4,16H2. The smallest absolute Gasteiger partial charge is 0.255 e. The lowest BCUT2D eigenvalue weighted by Gasteiger charge is -2.10. The van der Waals surface area contributed by atoms with Gasteiger partial charge >= 0.3 is 0 Å². The number of benzene rings is 1. The summed E-state index contributed by atoms with van der Waals surface area (Å²) in [4.78, 5) is 3.84. The van der Waals surface area contributed by atoms with Gasteiger partial charge in [0.25, 0.3) is 5.88 Å². The molecule has 0 fully saturated rings. The zero-order valence-electron chi connectivity index (χ0n) is 9.77. The molecule has 1 heterocycles. The number of pyridine rings is 1. The van der Waals surface area contributed by atoms with Gasteiger partial charge in [-0.2, -0.15) is 0 Å². The third kappa shape index (κ3) is 2.66. The minimum absolute atomic E-state index is 0.0485. The molecule has 1 aromatic heterocycles. The molecule has 0 aliphatic rings. The van der Waals surface area contributed by atoms with Crippen molar-refractivity contribution in [3.63, 3.8) is 0 Å². The molecule has 4 heteroatoms. The summed E-state index contributed by atoms with van der Waals surface area (Å²) in [6, 6.07) is 7.98. The van der Waals surface area contributed by atoms with Crippen molar-refractivity contribution in [3.8, 4) is 11.6 Å². The number of hydrogen-bond donors (Lipinski definition) is 1.